The average molecular weight is 335 g/mol. The van der Waals surface area contributed by atoms with E-state index >= 15 is 0 Å². The molecule has 0 unspecified atom stereocenters. The van der Waals surface area contributed by atoms with E-state index < -0.39 is 0 Å². The lowest BCUT2D eigenvalue weighted by molar-refractivity contribution is -0.154. The molecule has 0 aromatic carbocycles. The van der Waals surface area contributed by atoms with Gasteiger partial charge in [0.15, 0.2) is 0 Å². The molecule has 1 amide bonds. The van der Waals surface area contributed by atoms with Gasteiger partial charge in [0, 0.05) is 25.8 Å². The molecule has 2 heterocycles. The Morgan fingerprint density at radius 1 is 1.50 bits per heavy atom. The van der Waals surface area contributed by atoms with E-state index in [0.29, 0.717) is 31.0 Å². The first-order valence-electron chi connectivity index (χ1n) is 7.95. The van der Waals surface area contributed by atoms with Crippen LogP contribution in [-0.2, 0) is 14.3 Å². The molecule has 1 atom stereocenters. The molecular formula is C17H25N3O4. The van der Waals surface area contributed by atoms with Crippen LogP contribution in [0.2, 0.25) is 0 Å². The molecule has 0 bridgehead atoms. The van der Waals surface area contributed by atoms with Crippen molar-refractivity contribution in [2.24, 2.45) is 0 Å². The number of amides is 1. The maximum Gasteiger partial charge on any atom is 0.240 e. The lowest BCUT2D eigenvalue weighted by atomic mass is 10.1. The summed E-state index contributed by atoms with van der Waals surface area (Å²) in [6.07, 6.45) is -0.0747. The predicted octanol–water partition coefficient (Wildman–Crippen LogP) is 1.83. The maximum atomic E-state index is 12.4. The van der Waals surface area contributed by atoms with E-state index in [1.807, 2.05) is 18.7 Å². The molecule has 0 saturated carbocycles. The van der Waals surface area contributed by atoms with Crippen molar-refractivity contribution in [3.63, 3.8) is 0 Å². The molecule has 1 N–H and O–H groups in total. The van der Waals surface area contributed by atoms with Gasteiger partial charge in [0.25, 0.3) is 0 Å². The van der Waals surface area contributed by atoms with Crippen LogP contribution in [0.1, 0.15) is 30.7 Å². The van der Waals surface area contributed by atoms with Crippen molar-refractivity contribution in [2.45, 2.75) is 39.4 Å². The molecule has 1 fully saturated rings. The smallest absolute Gasteiger partial charge is 0.240 e. The Labute approximate surface area is 142 Å². The van der Waals surface area contributed by atoms with Crippen molar-refractivity contribution in [1.29, 1.82) is 5.26 Å². The first-order chi connectivity index (χ1) is 11.3. The predicted molar refractivity (Wildman–Crippen MR) is 88.8 cm³/mol. The molecule has 0 spiro atoms. The number of rotatable bonds is 5. The molecule has 1 aliphatic rings. The number of carbonyl (C=O) groups is 1. The third-order valence-corrected chi connectivity index (χ3v) is 4.02. The number of morpholine rings is 1. The molecule has 0 radical (unpaired) electrons. The van der Waals surface area contributed by atoms with Crippen molar-refractivity contribution >= 4 is 11.8 Å². The number of hydrogen-bond donors (Lipinski definition) is 1. The molecule has 1 aromatic rings. The van der Waals surface area contributed by atoms with Crippen LogP contribution >= 0.6 is 0 Å². The fourth-order valence-electron chi connectivity index (χ4n) is 3.03. The van der Waals surface area contributed by atoms with Crippen LogP contribution in [0.5, 0.6) is 0 Å². The van der Waals surface area contributed by atoms with Crippen LogP contribution < -0.4 is 5.32 Å². The number of anilines is 1. The Morgan fingerprint density at radius 2 is 2.21 bits per heavy atom. The van der Waals surface area contributed by atoms with Crippen LogP contribution in [0, 0.1) is 25.2 Å². The van der Waals surface area contributed by atoms with E-state index in [2.05, 4.69) is 11.4 Å². The quantitative estimate of drug-likeness (QED) is 0.883. The summed E-state index contributed by atoms with van der Waals surface area (Å²) in [7, 11) is 1.63. The minimum Gasteiger partial charge on any atom is -0.444 e. The molecule has 1 aromatic heterocycles. The van der Waals surface area contributed by atoms with Gasteiger partial charge in [-0.05, 0) is 27.7 Å². The molecule has 132 valence electrons. The van der Waals surface area contributed by atoms with Gasteiger partial charge in [-0.1, -0.05) is 0 Å². The van der Waals surface area contributed by atoms with Crippen LogP contribution in [0.25, 0.3) is 0 Å². The summed E-state index contributed by atoms with van der Waals surface area (Å²) in [5.74, 6) is 0.641. The van der Waals surface area contributed by atoms with Gasteiger partial charge in [0.2, 0.25) is 11.8 Å². The van der Waals surface area contributed by atoms with Gasteiger partial charge in [0.1, 0.15) is 17.4 Å². The lowest BCUT2D eigenvalue weighted by Crippen LogP contribution is -2.55. The summed E-state index contributed by atoms with van der Waals surface area (Å²) >= 11 is 0. The van der Waals surface area contributed by atoms with Crippen molar-refractivity contribution in [3.05, 3.63) is 16.9 Å². The second kappa shape index (κ2) is 7.34. The van der Waals surface area contributed by atoms with E-state index in [9.17, 15) is 10.1 Å². The van der Waals surface area contributed by atoms with Crippen molar-refractivity contribution in [1.82, 2.24) is 4.90 Å². The maximum absolute atomic E-state index is 12.4. The minimum atomic E-state index is -0.350. The topological polar surface area (TPSA) is 87.7 Å². The molecule has 1 saturated heterocycles. The van der Waals surface area contributed by atoms with Crippen LogP contribution in [0.15, 0.2) is 4.42 Å². The van der Waals surface area contributed by atoms with E-state index in [0.717, 1.165) is 5.56 Å². The molecule has 0 aliphatic carbocycles. The van der Waals surface area contributed by atoms with Crippen LogP contribution in [-0.4, -0.2) is 55.9 Å². The van der Waals surface area contributed by atoms with E-state index in [-0.39, 0.29) is 30.0 Å². The van der Waals surface area contributed by atoms with E-state index in [1.54, 1.807) is 21.0 Å². The molecule has 7 nitrogen and oxygen atoms in total. The van der Waals surface area contributed by atoms with Crippen molar-refractivity contribution in [3.8, 4) is 6.07 Å². The SMILES string of the molecule is COC[C@H]1CN(CC(=O)Nc2oc(C)c(C)c2C#N)CC(C)(C)O1. The lowest BCUT2D eigenvalue weighted by Gasteiger charge is -2.42. The molecule has 24 heavy (non-hydrogen) atoms. The minimum absolute atomic E-state index is 0.0747. The van der Waals surface area contributed by atoms with Crippen molar-refractivity contribution in [2.75, 3.05) is 38.7 Å². The van der Waals surface area contributed by atoms with Gasteiger partial charge in [-0.25, -0.2) is 0 Å². The van der Waals surface area contributed by atoms with Gasteiger partial charge >= 0.3 is 0 Å². The number of nitrogens with zero attached hydrogens (tertiary/aromatic N) is 2. The zero-order chi connectivity index (χ0) is 17.9. The zero-order valence-corrected chi connectivity index (χ0v) is 14.9. The third-order valence-electron chi connectivity index (χ3n) is 4.02. The van der Waals surface area contributed by atoms with Gasteiger partial charge in [-0.15, -0.1) is 0 Å². The van der Waals surface area contributed by atoms with Crippen LogP contribution in [0.4, 0.5) is 5.88 Å². The summed E-state index contributed by atoms with van der Waals surface area (Å²) < 4.78 is 16.6. The summed E-state index contributed by atoms with van der Waals surface area (Å²) in [6.45, 7) is 9.50. The number of nitriles is 1. The summed E-state index contributed by atoms with van der Waals surface area (Å²) in [5.41, 5.74) is 0.776. The Kier molecular flexibility index (Phi) is 5.65. The second-order valence-corrected chi connectivity index (χ2v) is 6.77. The van der Waals surface area contributed by atoms with E-state index in [4.69, 9.17) is 13.9 Å². The largest absolute Gasteiger partial charge is 0.444 e. The summed E-state index contributed by atoms with van der Waals surface area (Å²) in [4.78, 5) is 14.4. The number of furan rings is 1. The first kappa shape index (κ1) is 18.5. The molecule has 2 rings (SSSR count). The Hall–Kier alpha value is -1.88. The zero-order valence-electron chi connectivity index (χ0n) is 14.9. The number of carbonyl (C=O) groups excluding carboxylic acids is 1. The van der Waals surface area contributed by atoms with Gasteiger partial charge < -0.3 is 13.9 Å². The van der Waals surface area contributed by atoms with Crippen LogP contribution in [0.3, 0.4) is 0 Å². The Bertz CT molecular complexity index is 645. The van der Waals surface area contributed by atoms with E-state index in [1.165, 1.54) is 0 Å². The molecule has 1 aliphatic heterocycles. The Morgan fingerprint density at radius 3 is 2.83 bits per heavy atom. The van der Waals surface area contributed by atoms with Crippen molar-refractivity contribution < 1.29 is 18.7 Å². The average Bonchev–Trinajstić information content (AvgIpc) is 2.71. The fourth-order valence-corrected chi connectivity index (χ4v) is 3.03. The van der Waals surface area contributed by atoms with Gasteiger partial charge in [-0.2, -0.15) is 5.26 Å². The van der Waals surface area contributed by atoms with Gasteiger partial charge in [0.05, 0.1) is 24.9 Å². The first-order valence-corrected chi connectivity index (χ1v) is 7.95. The second-order valence-electron chi connectivity index (χ2n) is 6.77. The highest BCUT2D eigenvalue weighted by molar-refractivity contribution is 5.92. The number of aryl methyl sites for hydroxylation is 1. The van der Waals surface area contributed by atoms with Gasteiger partial charge in [-0.3, -0.25) is 15.0 Å². The monoisotopic (exact) mass is 335 g/mol. The number of nitrogens with one attached hydrogen (secondary N) is 1. The molecule has 7 heteroatoms. The Balaban J connectivity index is 2.01. The highest BCUT2D eigenvalue weighted by Gasteiger charge is 2.34. The third kappa shape index (κ3) is 4.35. The summed E-state index contributed by atoms with van der Waals surface area (Å²) in [5, 5.41) is 11.9. The standard InChI is InChI=1S/C17H25N3O4/c1-11-12(2)23-16(14(11)6-18)19-15(21)8-20-7-13(9-22-5)24-17(3,4)10-20/h13H,7-10H2,1-5H3,(H,19,21)/t13-/m1/s1. The molecular weight excluding hydrogens is 310 g/mol. The highest BCUT2D eigenvalue weighted by Crippen LogP contribution is 2.25. The number of methoxy groups -OCH3 is 1. The number of hydrogen-bond acceptors (Lipinski definition) is 6. The summed E-state index contributed by atoms with van der Waals surface area (Å²) in [6, 6.07) is 2.07. The highest BCUT2D eigenvalue weighted by atomic mass is 16.5. The number of ether oxygens (including phenoxy) is 2. The normalized spacial score (nSPS) is 20.6. The fraction of sp³-hybridized carbons (Fsp3) is 0.647.